The van der Waals surface area contributed by atoms with Gasteiger partial charge < -0.3 is 20.7 Å². The minimum absolute atomic E-state index is 0. The minimum Gasteiger partial charge on any atom is -0.872 e. The maximum atomic E-state index is 11.1. The van der Waals surface area contributed by atoms with Crippen molar-refractivity contribution in [2.24, 2.45) is 5.73 Å². The van der Waals surface area contributed by atoms with E-state index < -0.39 is 12.0 Å². The van der Waals surface area contributed by atoms with E-state index in [1.165, 1.54) is 12.1 Å². The van der Waals surface area contributed by atoms with Crippen molar-refractivity contribution >= 4 is 73.7 Å². The smallest absolute Gasteiger partial charge is 0.872 e. The summed E-state index contributed by atoms with van der Waals surface area (Å²) >= 11 is 6.34. The Labute approximate surface area is 202 Å². The third kappa shape index (κ3) is 5.84. The first-order valence-corrected chi connectivity index (χ1v) is 9.76. The molecule has 3 N–H and O–H groups in total. The Bertz CT molecular complexity index is 704. The van der Waals surface area contributed by atoms with Crippen LogP contribution in [-0.4, -0.2) is 17.1 Å². The molecule has 0 aliphatic rings. The molecule has 2 aromatic carbocycles. The van der Waals surface area contributed by atoms with Crippen molar-refractivity contribution in [1.29, 1.82) is 0 Å². The third-order valence-corrected chi connectivity index (χ3v) is 6.17. The van der Waals surface area contributed by atoms with E-state index >= 15 is 0 Å². The Balaban J connectivity index is 0.00000288. The number of halogens is 3. The molecule has 2 aromatic rings. The van der Waals surface area contributed by atoms with Gasteiger partial charge in [0.15, 0.2) is 0 Å². The van der Waals surface area contributed by atoms with Crippen molar-refractivity contribution in [3.63, 3.8) is 0 Å². The number of hydrogen-bond acceptors (Lipinski definition) is 4. The molecule has 0 aromatic heterocycles. The summed E-state index contributed by atoms with van der Waals surface area (Å²) in [6.07, 6.45) is 0. The van der Waals surface area contributed by atoms with Crippen LogP contribution in [0.1, 0.15) is 9.49 Å². The van der Waals surface area contributed by atoms with E-state index in [2.05, 4.69) is 45.2 Å². The van der Waals surface area contributed by atoms with Crippen LogP contribution in [0.2, 0.25) is 0 Å². The van der Waals surface area contributed by atoms with Gasteiger partial charge in [0.2, 0.25) is 0 Å². The normalized spacial score (nSPS) is 12.8. The zero-order valence-corrected chi connectivity index (χ0v) is 21.0. The number of benzene rings is 2. The van der Waals surface area contributed by atoms with Crippen LogP contribution in [0, 0.1) is 7.14 Å². The van der Waals surface area contributed by atoms with Gasteiger partial charge in [0, 0.05) is 7.14 Å². The van der Waals surface area contributed by atoms with E-state index in [4.69, 9.17) is 15.6 Å². The number of nitrogens with two attached hydrogens (primary N) is 1. The Morgan fingerprint density at radius 2 is 1.62 bits per heavy atom. The molecule has 0 amide bonds. The topological polar surface area (TPSA) is 95.6 Å². The fourth-order valence-corrected chi connectivity index (χ4v) is 6.38. The van der Waals surface area contributed by atoms with E-state index in [1.54, 1.807) is 12.1 Å². The van der Waals surface area contributed by atoms with Crippen LogP contribution in [0.25, 0.3) is 0 Å². The molecule has 0 unspecified atom stereocenters. The minimum atomic E-state index is -1.03. The standard InChI is InChI=1S/C15H12I3NO4.Na/c16-10-5-9(23-8-3-1-7(20)2-4-8)6-11(17)12(10)13(18)14(19)15(21)22;/h1-6,13-14,20H,19H2,(H,21,22);/q;+1/p-1/t13-,14-;/m0./s1. The monoisotopic (exact) mass is 673 g/mol. The van der Waals surface area contributed by atoms with E-state index in [0.717, 1.165) is 12.7 Å². The van der Waals surface area contributed by atoms with Crippen LogP contribution in [0.5, 0.6) is 17.2 Å². The molecule has 0 heterocycles. The molecular formula is C15H11I3NNaO4. The largest absolute Gasteiger partial charge is 1.00 e. The SMILES string of the molecule is N[C@H](C(=O)O)[C@@H](I)c1c(I)cc(Oc2ccc([O-])cc2)cc1I.[Na+]. The number of carbonyl (C=O) groups is 1. The molecule has 0 bridgehead atoms. The zero-order chi connectivity index (χ0) is 17.1. The molecule has 122 valence electrons. The summed E-state index contributed by atoms with van der Waals surface area (Å²) in [4.78, 5) is 11.1. The van der Waals surface area contributed by atoms with Crippen molar-refractivity contribution in [3.8, 4) is 17.2 Å². The predicted octanol–water partition coefficient (Wildman–Crippen LogP) is 0.654. The number of ether oxygens (including phenoxy) is 1. The Kier molecular flexibility index (Phi) is 9.57. The molecule has 0 radical (unpaired) electrons. The van der Waals surface area contributed by atoms with Gasteiger partial charge in [-0.3, -0.25) is 4.79 Å². The van der Waals surface area contributed by atoms with Gasteiger partial charge in [0.1, 0.15) is 17.5 Å². The van der Waals surface area contributed by atoms with Gasteiger partial charge in [0.25, 0.3) is 0 Å². The molecule has 5 nitrogen and oxygen atoms in total. The van der Waals surface area contributed by atoms with E-state index in [-0.39, 0.29) is 39.2 Å². The van der Waals surface area contributed by atoms with E-state index in [1.807, 2.05) is 34.7 Å². The van der Waals surface area contributed by atoms with Crippen LogP contribution >= 0.6 is 67.8 Å². The predicted molar refractivity (Wildman–Crippen MR) is 110 cm³/mol. The van der Waals surface area contributed by atoms with Crippen molar-refractivity contribution in [2.75, 3.05) is 0 Å². The fraction of sp³-hybridized carbons (Fsp3) is 0.133. The third-order valence-electron chi connectivity index (χ3n) is 2.99. The second kappa shape index (κ2) is 10.1. The number of aliphatic carboxylic acids is 1. The summed E-state index contributed by atoms with van der Waals surface area (Å²) in [5.41, 5.74) is 6.61. The van der Waals surface area contributed by atoms with Gasteiger partial charge in [-0.1, -0.05) is 34.7 Å². The average Bonchev–Trinajstić information content (AvgIpc) is 2.48. The molecule has 2 rings (SSSR count). The molecule has 0 saturated heterocycles. The van der Waals surface area contributed by atoms with Crippen molar-refractivity contribution in [3.05, 3.63) is 49.1 Å². The molecule has 9 heteroatoms. The Morgan fingerprint density at radius 1 is 1.12 bits per heavy atom. The molecule has 24 heavy (non-hydrogen) atoms. The maximum Gasteiger partial charge on any atom is 1.00 e. The number of carboxylic acids is 1. The number of rotatable bonds is 5. The van der Waals surface area contributed by atoms with E-state index in [9.17, 15) is 9.90 Å². The summed E-state index contributed by atoms with van der Waals surface area (Å²) in [6, 6.07) is 8.76. The van der Waals surface area contributed by atoms with Crippen LogP contribution in [0.4, 0.5) is 0 Å². The molecule has 0 aliphatic carbocycles. The van der Waals surface area contributed by atoms with Gasteiger partial charge in [-0.2, -0.15) is 0 Å². The van der Waals surface area contributed by atoms with Crippen LogP contribution in [0.15, 0.2) is 36.4 Å². The summed E-state index contributed by atoms with van der Waals surface area (Å²) < 4.78 is 7.14. The summed E-state index contributed by atoms with van der Waals surface area (Å²) in [5.74, 6) is 0.0761. The van der Waals surface area contributed by atoms with E-state index in [0.29, 0.717) is 11.5 Å². The van der Waals surface area contributed by atoms with Crippen LogP contribution in [-0.2, 0) is 4.79 Å². The molecule has 0 aliphatic heterocycles. The first-order chi connectivity index (χ1) is 10.8. The molecular weight excluding hydrogens is 662 g/mol. The van der Waals surface area contributed by atoms with Gasteiger partial charge in [-0.15, -0.1) is 5.75 Å². The van der Waals surface area contributed by atoms with Gasteiger partial charge in [-0.05, 0) is 75.0 Å². The van der Waals surface area contributed by atoms with Crippen molar-refractivity contribution in [1.82, 2.24) is 0 Å². The van der Waals surface area contributed by atoms with Gasteiger partial charge in [0.05, 0.1) is 3.92 Å². The van der Waals surface area contributed by atoms with Gasteiger partial charge in [-0.25, -0.2) is 0 Å². The molecule has 0 fully saturated rings. The first-order valence-electron chi connectivity index (χ1n) is 6.36. The van der Waals surface area contributed by atoms with Crippen molar-refractivity contribution < 1.29 is 49.3 Å². The summed E-state index contributed by atoms with van der Waals surface area (Å²) in [5, 5.41) is 20.2. The van der Waals surface area contributed by atoms with Crippen LogP contribution in [0.3, 0.4) is 0 Å². The fourth-order valence-electron chi connectivity index (χ4n) is 1.83. The second-order valence-corrected chi connectivity index (χ2v) is 8.31. The molecule has 2 atom stereocenters. The number of hydrogen-bond donors (Lipinski definition) is 2. The second-order valence-electron chi connectivity index (χ2n) is 4.64. The van der Waals surface area contributed by atoms with Crippen molar-refractivity contribution in [2.45, 2.75) is 9.97 Å². The quantitative estimate of drug-likeness (QED) is 0.277. The summed E-state index contributed by atoms with van der Waals surface area (Å²) in [6.45, 7) is 0. The van der Waals surface area contributed by atoms with Gasteiger partial charge >= 0.3 is 35.5 Å². The Hall–Kier alpha value is 0.660. The summed E-state index contributed by atoms with van der Waals surface area (Å²) in [7, 11) is 0. The van der Waals surface area contributed by atoms with Crippen LogP contribution < -0.4 is 45.1 Å². The molecule has 0 spiro atoms. The average molecular weight is 673 g/mol. The number of alkyl halides is 1. The Morgan fingerprint density at radius 3 is 2.08 bits per heavy atom. The first kappa shape index (κ1) is 22.7. The number of carboxylic acid groups (broad SMARTS) is 1. The maximum absolute atomic E-state index is 11.1. The zero-order valence-electron chi connectivity index (χ0n) is 12.5. The molecule has 0 saturated carbocycles.